The molecule has 1 aliphatic rings. The zero-order chi connectivity index (χ0) is 20.3. The number of nitrogens with zero attached hydrogens (tertiary/aromatic N) is 2. The molecule has 0 saturated heterocycles. The Hall–Kier alpha value is -2.86. The minimum atomic E-state index is -0.840. The molecule has 6 nitrogen and oxygen atoms in total. The van der Waals surface area contributed by atoms with Crippen LogP contribution in [-0.4, -0.2) is 43.0 Å². The number of hydrogen-bond donors (Lipinski definition) is 1. The second kappa shape index (κ2) is 8.44. The number of fused-ring (bicyclic) bond motifs is 1. The summed E-state index contributed by atoms with van der Waals surface area (Å²) in [7, 11) is 1.91. The lowest BCUT2D eigenvalue weighted by Gasteiger charge is -2.34. The second-order valence-corrected chi connectivity index (χ2v) is 7.55. The molecule has 0 aliphatic carbocycles. The summed E-state index contributed by atoms with van der Waals surface area (Å²) < 4.78 is 5.62. The lowest BCUT2D eigenvalue weighted by Crippen LogP contribution is -2.51. The average Bonchev–Trinajstić information content (AvgIpc) is 2.67. The Bertz CT molecular complexity index is 848. The van der Waals surface area contributed by atoms with E-state index in [1.54, 1.807) is 17.0 Å². The first kappa shape index (κ1) is 19.9. The van der Waals surface area contributed by atoms with Gasteiger partial charge in [-0.25, -0.2) is 0 Å². The largest absolute Gasteiger partial charge is 0.477 e. The zero-order valence-electron chi connectivity index (χ0n) is 16.6. The minimum Gasteiger partial charge on any atom is -0.477 e. The van der Waals surface area contributed by atoms with Crippen molar-refractivity contribution in [2.24, 2.45) is 5.73 Å². The molecule has 0 unspecified atom stereocenters. The van der Waals surface area contributed by atoms with Crippen LogP contribution >= 0.6 is 0 Å². The number of carbonyl (C=O) groups is 2. The van der Waals surface area contributed by atoms with Gasteiger partial charge in [-0.15, -0.1) is 0 Å². The number of anilines is 1. The van der Waals surface area contributed by atoms with Gasteiger partial charge in [0.2, 0.25) is 5.91 Å². The molecule has 6 heteroatoms. The molecule has 3 rings (SSSR count). The summed E-state index contributed by atoms with van der Waals surface area (Å²) in [6, 6.07) is 15.7. The van der Waals surface area contributed by atoms with Crippen LogP contribution in [0.1, 0.15) is 30.9 Å². The highest BCUT2D eigenvalue weighted by Crippen LogP contribution is 2.33. The summed E-state index contributed by atoms with van der Waals surface area (Å²) in [4.78, 5) is 28.1. The van der Waals surface area contributed by atoms with Gasteiger partial charge in [0.25, 0.3) is 5.91 Å². The average molecular weight is 381 g/mol. The molecule has 1 aliphatic heterocycles. The third kappa shape index (κ3) is 4.51. The highest BCUT2D eigenvalue weighted by molar-refractivity contribution is 5.98. The number of rotatable bonds is 6. The maximum Gasteiger partial charge on any atom is 0.260 e. The van der Waals surface area contributed by atoms with Crippen molar-refractivity contribution in [3.05, 3.63) is 59.7 Å². The van der Waals surface area contributed by atoms with Crippen molar-refractivity contribution in [2.45, 2.75) is 32.4 Å². The lowest BCUT2D eigenvalue weighted by molar-refractivity contribution is -0.125. The monoisotopic (exact) mass is 381 g/mol. The molecule has 0 bridgehead atoms. The van der Waals surface area contributed by atoms with Crippen LogP contribution in [0.5, 0.6) is 5.75 Å². The molecule has 2 aromatic carbocycles. The van der Waals surface area contributed by atoms with Crippen molar-refractivity contribution in [3.63, 3.8) is 0 Å². The molecule has 0 aromatic heterocycles. The van der Waals surface area contributed by atoms with E-state index >= 15 is 0 Å². The topological polar surface area (TPSA) is 75.9 Å². The van der Waals surface area contributed by atoms with Crippen LogP contribution in [-0.2, 0) is 16.1 Å². The Labute approximate surface area is 165 Å². The van der Waals surface area contributed by atoms with Gasteiger partial charge in [0.15, 0.2) is 6.10 Å². The first-order valence-corrected chi connectivity index (χ1v) is 9.48. The van der Waals surface area contributed by atoms with E-state index in [0.29, 0.717) is 23.9 Å². The van der Waals surface area contributed by atoms with Crippen LogP contribution in [0, 0.1) is 0 Å². The molecule has 28 heavy (non-hydrogen) atoms. The maximum absolute atomic E-state index is 12.9. The molecule has 1 atom stereocenters. The molecule has 148 valence electrons. The van der Waals surface area contributed by atoms with Crippen molar-refractivity contribution in [3.8, 4) is 5.75 Å². The van der Waals surface area contributed by atoms with E-state index in [1.165, 1.54) is 5.56 Å². The number of benzene rings is 2. The fourth-order valence-electron chi connectivity index (χ4n) is 3.31. The molecule has 2 aromatic rings. The predicted molar refractivity (Wildman–Crippen MR) is 109 cm³/mol. The highest BCUT2D eigenvalue weighted by Gasteiger charge is 2.32. The Morgan fingerprint density at radius 2 is 1.86 bits per heavy atom. The third-order valence-electron chi connectivity index (χ3n) is 4.90. The number of primary amides is 1. The maximum atomic E-state index is 12.9. The molecule has 0 spiro atoms. The number of para-hydroxylation sites is 2. The SMILES string of the molecule is CC(C)c1ccc(CN(C)CC(=O)N2C[C@H](C(N)=O)Oc3ccccc32)cc1. The first-order chi connectivity index (χ1) is 13.3. The van der Waals surface area contributed by atoms with Crippen LogP contribution in [0.4, 0.5) is 5.69 Å². The number of nitrogens with two attached hydrogens (primary N) is 1. The summed E-state index contributed by atoms with van der Waals surface area (Å²) in [5, 5.41) is 0. The van der Waals surface area contributed by atoms with Crippen LogP contribution in [0.2, 0.25) is 0 Å². The van der Waals surface area contributed by atoms with Gasteiger partial charge in [0, 0.05) is 6.54 Å². The molecule has 0 fully saturated rings. The van der Waals surface area contributed by atoms with E-state index in [9.17, 15) is 9.59 Å². The normalized spacial score (nSPS) is 16.0. The van der Waals surface area contributed by atoms with Crippen molar-refractivity contribution in [1.82, 2.24) is 4.90 Å². The minimum absolute atomic E-state index is 0.0942. The van der Waals surface area contributed by atoms with Crippen LogP contribution < -0.4 is 15.4 Å². The Morgan fingerprint density at radius 1 is 1.18 bits per heavy atom. The van der Waals surface area contributed by atoms with Gasteiger partial charge in [-0.05, 0) is 36.2 Å². The van der Waals surface area contributed by atoms with E-state index in [-0.39, 0.29) is 19.0 Å². The predicted octanol–water partition coefficient (Wildman–Crippen LogP) is 2.52. The van der Waals surface area contributed by atoms with Gasteiger partial charge >= 0.3 is 0 Å². The van der Waals surface area contributed by atoms with Gasteiger partial charge in [-0.2, -0.15) is 0 Å². The Balaban J connectivity index is 1.68. The summed E-state index contributed by atoms with van der Waals surface area (Å²) in [5.41, 5.74) is 8.52. The van der Waals surface area contributed by atoms with E-state index in [4.69, 9.17) is 10.5 Å². The Morgan fingerprint density at radius 3 is 2.50 bits per heavy atom. The highest BCUT2D eigenvalue weighted by atomic mass is 16.5. The zero-order valence-corrected chi connectivity index (χ0v) is 16.6. The molecular formula is C22H27N3O3. The number of ether oxygens (including phenoxy) is 1. The fourth-order valence-corrected chi connectivity index (χ4v) is 3.31. The smallest absolute Gasteiger partial charge is 0.260 e. The van der Waals surface area contributed by atoms with Crippen molar-refractivity contribution < 1.29 is 14.3 Å². The molecule has 0 saturated carbocycles. The number of amides is 2. The second-order valence-electron chi connectivity index (χ2n) is 7.55. The molecule has 2 amide bonds. The van der Waals surface area contributed by atoms with Crippen LogP contribution in [0.15, 0.2) is 48.5 Å². The quantitative estimate of drug-likeness (QED) is 0.834. The summed E-state index contributed by atoms with van der Waals surface area (Å²) in [6.07, 6.45) is -0.840. The van der Waals surface area contributed by atoms with Crippen molar-refractivity contribution in [1.29, 1.82) is 0 Å². The Kier molecular flexibility index (Phi) is 5.99. The standard InChI is InChI=1S/C22H27N3O3/c1-15(2)17-10-8-16(9-11-17)12-24(3)14-21(26)25-13-20(22(23)27)28-19-7-5-4-6-18(19)25/h4-11,15,20H,12-14H2,1-3H3,(H2,23,27)/t20-/m1/s1. The van der Waals surface area contributed by atoms with Gasteiger partial charge in [0.05, 0.1) is 18.8 Å². The van der Waals surface area contributed by atoms with E-state index in [0.717, 1.165) is 5.56 Å². The lowest BCUT2D eigenvalue weighted by atomic mass is 10.0. The van der Waals surface area contributed by atoms with Gasteiger partial charge in [-0.3, -0.25) is 14.5 Å². The molecule has 0 radical (unpaired) electrons. The van der Waals surface area contributed by atoms with Gasteiger partial charge in [0.1, 0.15) is 5.75 Å². The van der Waals surface area contributed by atoms with E-state index in [2.05, 4.69) is 38.1 Å². The fraction of sp³-hybridized carbons (Fsp3) is 0.364. The summed E-state index contributed by atoms with van der Waals surface area (Å²) in [5.74, 6) is 0.319. The van der Waals surface area contributed by atoms with E-state index < -0.39 is 12.0 Å². The molecule has 2 N–H and O–H groups in total. The van der Waals surface area contributed by atoms with Crippen LogP contribution in [0.25, 0.3) is 0 Å². The van der Waals surface area contributed by atoms with Crippen LogP contribution in [0.3, 0.4) is 0 Å². The van der Waals surface area contributed by atoms with Gasteiger partial charge in [-0.1, -0.05) is 50.2 Å². The van der Waals surface area contributed by atoms with Crippen molar-refractivity contribution >= 4 is 17.5 Å². The number of hydrogen-bond acceptors (Lipinski definition) is 4. The first-order valence-electron chi connectivity index (χ1n) is 9.48. The van der Waals surface area contributed by atoms with Crippen molar-refractivity contribution in [2.75, 3.05) is 25.0 Å². The molecular weight excluding hydrogens is 354 g/mol. The summed E-state index contributed by atoms with van der Waals surface area (Å²) >= 11 is 0. The number of likely N-dealkylation sites (N-methyl/N-ethyl adjacent to an activating group) is 1. The third-order valence-corrected chi connectivity index (χ3v) is 4.90. The summed E-state index contributed by atoms with van der Waals surface area (Å²) in [6.45, 7) is 5.35. The number of carbonyl (C=O) groups excluding carboxylic acids is 2. The molecule has 1 heterocycles. The van der Waals surface area contributed by atoms with E-state index in [1.807, 2.05) is 24.1 Å². The van der Waals surface area contributed by atoms with Gasteiger partial charge < -0.3 is 15.4 Å².